The molecule has 1 N–H and O–H groups in total. The second-order valence-electron chi connectivity index (χ2n) is 8.97. The number of rotatable bonds is 2. The van der Waals surface area contributed by atoms with Gasteiger partial charge < -0.3 is 5.11 Å². The fraction of sp³-hybridized carbons (Fsp3) is 0.727. The van der Waals surface area contributed by atoms with Crippen molar-refractivity contribution in [2.24, 2.45) is 23.7 Å². The molecular formula is C22H29F3O. The van der Waals surface area contributed by atoms with Crippen LogP contribution in [-0.2, 0) is 0 Å². The van der Waals surface area contributed by atoms with Gasteiger partial charge in [0.1, 0.15) is 0 Å². The summed E-state index contributed by atoms with van der Waals surface area (Å²) in [5.41, 5.74) is 0.628. The maximum Gasteiger partial charge on any atom is 0.194 e. The normalized spacial score (nSPS) is 38.0. The summed E-state index contributed by atoms with van der Waals surface area (Å²) in [6.45, 7) is 0. The third kappa shape index (κ3) is 3.67. The summed E-state index contributed by atoms with van der Waals surface area (Å²) < 4.78 is 40.4. The van der Waals surface area contributed by atoms with Crippen LogP contribution in [0.25, 0.3) is 0 Å². The van der Waals surface area contributed by atoms with Crippen molar-refractivity contribution in [2.45, 2.75) is 76.2 Å². The van der Waals surface area contributed by atoms with Gasteiger partial charge in [-0.1, -0.05) is 0 Å². The zero-order chi connectivity index (χ0) is 18.3. The lowest BCUT2D eigenvalue weighted by molar-refractivity contribution is 0.0479. The number of aliphatic hydroxyl groups is 1. The van der Waals surface area contributed by atoms with E-state index in [4.69, 9.17) is 0 Å². The number of hydrogen-bond donors (Lipinski definition) is 1. The van der Waals surface area contributed by atoms with Crippen LogP contribution in [0, 0.1) is 41.1 Å². The van der Waals surface area contributed by atoms with Gasteiger partial charge >= 0.3 is 0 Å². The predicted molar refractivity (Wildman–Crippen MR) is 95.2 cm³/mol. The monoisotopic (exact) mass is 366 g/mol. The van der Waals surface area contributed by atoms with Crippen LogP contribution in [0.2, 0.25) is 0 Å². The Morgan fingerprint density at radius 2 is 1.15 bits per heavy atom. The summed E-state index contributed by atoms with van der Waals surface area (Å²) in [4.78, 5) is 0. The van der Waals surface area contributed by atoms with Gasteiger partial charge in [0, 0.05) is 0 Å². The number of aliphatic hydroxyl groups excluding tert-OH is 1. The Balaban J connectivity index is 1.38. The zero-order valence-corrected chi connectivity index (χ0v) is 15.3. The molecule has 4 atom stereocenters. The second-order valence-corrected chi connectivity index (χ2v) is 8.97. The first-order chi connectivity index (χ1) is 12.5. The standard InChI is InChI=1S/C22H29F3O/c23-20-11-18(12-21(24)22(20)25)17-4-3-15-9-14(1-2-16(15)10-17)13-5-7-19(26)8-6-13/h11-17,19,26H,1-10H2/t13?,14-,15-,16-,17?,19?/m1/s1. The first kappa shape index (κ1) is 18.3. The maximum absolute atomic E-state index is 13.6. The molecule has 0 heterocycles. The minimum atomic E-state index is -1.36. The minimum Gasteiger partial charge on any atom is -0.393 e. The molecule has 1 nitrogen and oxygen atoms in total. The number of benzene rings is 1. The van der Waals surface area contributed by atoms with Crippen LogP contribution in [-0.4, -0.2) is 11.2 Å². The Morgan fingerprint density at radius 1 is 0.654 bits per heavy atom. The Bertz CT molecular complexity index is 615. The first-order valence-electron chi connectivity index (χ1n) is 10.3. The van der Waals surface area contributed by atoms with Crippen molar-refractivity contribution in [1.29, 1.82) is 0 Å². The fourth-order valence-electron chi connectivity index (χ4n) is 6.04. The molecule has 0 spiro atoms. The molecule has 0 saturated heterocycles. The third-order valence-electron chi connectivity index (χ3n) is 7.54. The molecule has 3 fully saturated rings. The van der Waals surface area contributed by atoms with Gasteiger partial charge in [0.15, 0.2) is 17.5 Å². The fourth-order valence-corrected chi connectivity index (χ4v) is 6.04. The zero-order valence-electron chi connectivity index (χ0n) is 15.3. The largest absolute Gasteiger partial charge is 0.393 e. The van der Waals surface area contributed by atoms with Crippen LogP contribution in [0.4, 0.5) is 13.2 Å². The van der Waals surface area contributed by atoms with E-state index in [1.54, 1.807) is 0 Å². The van der Waals surface area contributed by atoms with Crippen molar-refractivity contribution in [1.82, 2.24) is 0 Å². The van der Waals surface area contributed by atoms with Crippen molar-refractivity contribution < 1.29 is 18.3 Å². The highest BCUT2D eigenvalue weighted by atomic mass is 19.2. The van der Waals surface area contributed by atoms with Gasteiger partial charge in [0.2, 0.25) is 0 Å². The SMILES string of the molecule is OC1CCC([C@@H]2CC[C@@H]3CC(c4cc(F)c(F)c(F)c4)CC[C@@H]3C2)CC1. The van der Waals surface area contributed by atoms with Crippen molar-refractivity contribution in [2.75, 3.05) is 0 Å². The van der Waals surface area contributed by atoms with Crippen LogP contribution in [0.5, 0.6) is 0 Å². The molecule has 4 heteroatoms. The Kier molecular flexibility index (Phi) is 5.31. The highest BCUT2D eigenvalue weighted by Gasteiger charge is 2.39. The molecule has 0 aromatic heterocycles. The molecule has 3 aliphatic rings. The van der Waals surface area contributed by atoms with Crippen LogP contribution in [0.3, 0.4) is 0 Å². The molecule has 0 amide bonds. The molecule has 1 aromatic rings. The van der Waals surface area contributed by atoms with Crippen LogP contribution >= 0.6 is 0 Å². The van der Waals surface area contributed by atoms with Gasteiger partial charge in [-0.05, 0) is 111 Å². The van der Waals surface area contributed by atoms with E-state index in [2.05, 4.69) is 0 Å². The van der Waals surface area contributed by atoms with Crippen LogP contribution < -0.4 is 0 Å². The summed E-state index contributed by atoms with van der Waals surface area (Å²) >= 11 is 0. The second kappa shape index (κ2) is 7.53. The Labute approximate surface area is 154 Å². The van der Waals surface area contributed by atoms with Crippen molar-refractivity contribution in [3.05, 3.63) is 35.1 Å². The molecule has 0 radical (unpaired) electrons. The van der Waals surface area contributed by atoms with Gasteiger partial charge in [-0.3, -0.25) is 0 Å². The van der Waals surface area contributed by atoms with E-state index in [-0.39, 0.29) is 12.0 Å². The van der Waals surface area contributed by atoms with E-state index in [0.29, 0.717) is 11.5 Å². The number of hydrogen-bond acceptors (Lipinski definition) is 1. The molecule has 3 aliphatic carbocycles. The molecule has 0 bridgehead atoms. The Morgan fingerprint density at radius 3 is 1.81 bits per heavy atom. The van der Waals surface area contributed by atoms with Gasteiger partial charge in [-0.25, -0.2) is 13.2 Å². The summed E-state index contributed by atoms with van der Waals surface area (Å²) in [7, 11) is 0. The molecule has 1 aromatic carbocycles. The highest BCUT2D eigenvalue weighted by Crippen LogP contribution is 2.50. The smallest absolute Gasteiger partial charge is 0.194 e. The average molecular weight is 366 g/mol. The maximum atomic E-state index is 13.6. The summed E-state index contributed by atoms with van der Waals surface area (Å²) in [6, 6.07) is 2.39. The van der Waals surface area contributed by atoms with E-state index in [9.17, 15) is 18.3 Å². The molecule has 26 heavy (non-hydrogen) atoms. The lowest BCUT2D eigenvalue weighted by Gasteiger charge is -2.45. The predicted octanol–water partition coefficient (Wildman–Crippen LogP) is 5.96. The van der Waals surface area contributed by atoms with Gasteiger partial charge in [0.25, 0.3) is 0 Å². The first-order valence-corrected chi connectivity index (χ1v) is 10.3. The molecule has 144 valence electrons. The van der Waals surface area contributed by atoms with Crippen molar-refractivity contribution in [3.8, 4) is 0 Å². The molecule has 0 aliphatic heterocycles. The number of halogens is 3. The van der Waals surface area contributed by atoms with E-state index in [0.717, 1.165) is 49.9 Å². The topological polar surface area (TPSA) is 20.2 Å². The van der Waals surface area contributed by atoms with Crippen LogP contribution in [0.15, 0.2) is 12.1 Å². The molecule has 3 saturated carbocycles. The summed E-state index contributed by atoms with van der Waals surface area (Å²) in [5.74, 6) is -0.404. The van der Waals surface area contributed by atoms with E-state index in [1.165, 1.54) is 44.2 Å². The third-order valence-corrected chi connectivity index (χ3v) is 7.54. The van der Waals surface area contributed by atoms with E-state index < -0.39 is 17.5 Å². The van der Waals surface area contributed by atoms with Crippen molar-refractivity contribution >= 4 is 0 Å². The van der Waals surface area contributed by atoms with E-state index >= 15 is 0 Å². The van der Waals surface area contributed by atoms with E-state index in [1.807, 2.05) is 0 Å². The molecule has 4 rings (SSSR count). The lowest BCUT2D eigenvalue weighted by Crippen LogP contribution is -2.34. The minimum absolute atomic E-state index is 0.0884. The quantitative estimate of drug-likeness (QED) is 0.641. The Hall–Kier alpha value is -1.03. The van der Waals surface area contributed by atoms with Crippen LogP contribution in [0.1, 0.15) is 75.7 Å². The van der Waals surface area contributed by atoms with Gasteiger partial charge in [-0.15, -0.1) is 0 Å². The van der Waals surface area contributed by atoms with Crippen molar-refractivity contribution in [3.63, 3.8) is 0 Å². The van der Waals surface area contributed by atoms with Gasteiger partial charge in [0.05, 0.1) is 6.10 Å². The molecule has 1 unspecified atom stereocenters. The summed E-state index contributed by atoms with van der Waals surface area (Å²) in [5, 5.41) is 9.73. The summed E-state index contributed by atoms with van der Waals surface area (Å²) in [6.07, 6.45) is 10.9. The highest BCUT2D eigenvalue weighted by molar-refractivity contribution is 5.24. The number of fused-ring (bicyclic) bond motifs is 1. The molecular weight excluding hydrogens is 337 g/mol. The van der Waals surface area contributed by atoms with Gasteiger partial charge in [-0.2, -0.15) is 0 Å². The lowest BCUT2D eigenvalue weighted by atomic mass is 9.60. The average Bonchev–Trinajstić information content (AvgIpc) is 2.65.